The number of aliphatic hydroxyl groups is 1. The molecule has 1 aromatic heterocycles. The fourth-order valence-corrected chi connectivity index (χ4v) is 3.28. The standard InChI is InChI=1S/C18H31N3O3/c1-13(10-14(2)22)11-19-18(23)20-12-16(21-8-4-5-9-21)17-7-6-15(3)24-17/h6-7,13-14,16,22H,4-5,8-12H2,1-3H3,(H2,19,20,23). The van der Waals surface area contributed by atoms with Gasteiger partial charge in [0.2, 0.25) is 0 Å². The van der Waals surface area contributed by atoms with Gasteiger partial charge in [0.05, 0.1) is 12.1 Å². The molecule has 2 heterocycles. The molecule has 0 radical (unpaired) electrons. The first-order valence-corrected chi connectivity index (χ1v) is 8.96. The molecule has 1 saturated heterocycles. The molecule has 6 nitrogen and oxygen atoms in total. The van der Waals surface area contributed by atoms with Crippen LogP contribution in [0.4, 0.5) is 4.79 Å². The molecule has 0 aliphatic carbocycles. The smallest absolute Gasteiger partial charge is 0.314 e. The summed E-state index contributed by atoms with van der Waals surface area (Å²) < 4.78 is 5.79. The number of hydrogen-bond donors (Lipinski definition) is 3. The molecule has 0 aromatic carbocycles. The van der Waals surface area contributed by atoms with Gasteiger partial charge in [0, 0.05) is 13.1 Å². The van der Waals surface area contributed by atoms with Crippen LogP contribution in [0.1, 0.15) is 50.7 Å². The third-order valence-corrected chi connectivity index (χ3v) is 4.48. The van der Waals surface area contributed by atoms with Gasteiger partial charge in [-0.05, 0) is 64.3 Å². The number of hydrogen-bond acceptors (Lipinski definition) is 4. The van der Waals surface area contributed by atoms with Crippen molar-refractivity contribution in [1.82, 2.24) is 15.5 Å². The van der Waals surface area contributed by atoms with E-state index in [1.807, 2.05) is 26.0 Å². The zero-order chi connectivity index (χ0) is 17.5. The van der Waals surface area contributed by atoms with E-state index >= 15 is 0 Å². The summed E-state index contributed by atoms with van der Waals surface area (Å²) in [6, 6.07) is 3.89. The van der Waals surface area contributed by atoms with Crippen LogP contribution in [-0.4, -0.2) is 48.3 Å². The van der Waals surface area contributed by atoms with Gasteiger partial charge in [0.25, 0.3) is 0 Å². The molecule has 24 heavy (non-hydrogen) atoms. The minimum absolute atomic E-state index is 0.0850. The SMILES string of the molecule is Cc1ccc(C(CNC(=O)NCC(C)CC(C)O)N2CCCC2)o1. The van der Waals surface area contributed by atoms with Crippen molar-refractivity contribution in [2.24, 2.45) is 5.92 Å². The normalized spacial score (nSPS) is 19.0. The van der Waals surface area contributed by atoms with Crippen LogP contribution in [0.5, 0.6) is 0 Å². The van der Waals surface area contributed by atoms with Crippen LogP contribution in [0.3, 0.4) is 0 Å². The lowest BCUT2D eigenvalue weighted by Gasteiger charge is -2.26. The molecule has 0 saturated carbocycles. The number of carbonyl (C=O) groups excluding carboxylic acids is 1. The second-order valence-electron chi connectivity index (χ2n) is 6.99. The number of aryl methyl sites for hydroxylation is 1. The molecular formula is C18H31N3O3. The average Bonchev–Trinajstić information content (AvgIpc) is 3.17. The Kier molecular flexibility index (Phi) is 7.12. The third-order valence-electron chi connectivity index (χ3n) is 4.48. The van der Waals surface area contributed by atoms with Crippen molar-refractivity contribution in [3.63, 3.8) is 0 Å². The van der Waals surface area contributed by atoms with Crippen molar-refractivity contribution in [2.75, 3.05) is 26.2 Å². The number of carbonyl (C=O) groups is 1. The Morgan fingerprint density at radius 1 is 1.25 bits per heavy atom. The number of nitrogens with zero attached hydrogens (tertiary/aromatic N) is 1. The molecule has 0 spiro atoms. The number of rotatable bonds is 8. The maximum absolute atomic E-state index is 12.1. The summed E-state index contributed by atoms with van der Waals surface area (Å²) in [5.74, 6) is 2.06. The van der Waals surface area contributed by atoms with E-state index in [1.54, 1.807) is 6.92 Å². The summed E-state index contributed by atoms with van der Waals surface area (Å²) in [6.07, 6.45) is 2.73. The Labute approximate surface area is 144 Å². The molecule has 0 bridgehead atoms. The molecule has 3 unspecified atom stereocenters. The van der Waals surface area contributed by atoms with Gasteiger partial charge in [-0.15, -0.1) is 0 Å². The van der Waals surface area contributed by atoms with Gasteiger partial charge in [-0.1, -0.05) is 6.92 Å². The van der Waals surface area contributed by atoms with Gasteiger partial charge in [-0.3, -0.25) is 4.90 Å². The minimum Gasteiger partial charge on any atom is -0.465 e. The first kappa shape index (κ1) is 18.8. The van der Waals surface area contributed by atoms with Crippen LogP contribution in [0.15, 0.2) is 16.5 Å². The number of nitrogens with one attached hydrogen (secondary N) is 2. The molecular weight excluding hydrogens is 306 g/mol. The van der Waals surface area contributed by atoms with Gasteiger partial charge in [0.15, 0.2) is 0 Å². The van der Waals surface area contributed by atoms with Crippen molar-refractivity contribution in [1.29, 1.82) is 0 Å². The van der Waals surface area contributed by atoms with E-state index in [1.165, 1.54) is 12.8 Å². The van der Waals surface area contributed by atoms with E-state index in [4.69, 9.17) is 4.42 Å². The zero-order valence-corrected chi connectivity index (χ0v) is 15.0. The number of urea groups is 1. The number of aliphatic hydroxyl groups excluding tert-OH is 1. The fraction of sp³-hybridized carbons (Fsp3) is 0.722. The lowest BCUT2D eigenvalue weighted by molar-refractivity contribution is 0.162. The van der Waals surface area contributed by atoms with Crippen molar-refractivity contribution >= 4 is 6.03 Å². The lowest BCUT2D eigenvalue weighted by atomic mass is 10.1. The topological polar surface area (TPSA) is 77.7 Å². The molecule has 3 atom stereocenters. The van der Waals surface area contributed by atoms with Gasteiger partial charge in [-0.2, -0.15) is 0 Å². The summed E-state index contributed by atoms with van der Waals surface area (Å²) in [6.45, 7) is 8.90. The molecule has 1 aliphatic rings. The van der Waals surface area contributed by atoms with Crippen LogP contribution in [-0.2, 0) is 0 Å². The summed E-state index contributed by atoms with van der Waals surface area (Å²) >= 11 is 0. The van der Waals surface area contributed by atoms with E-state index in [0.717, 1.165) is 24.6 Å². The maximum atomic E-state index is 12.1. The highest BCUT2D eigenvalue weighted by molar-refractivity contribution is 5.73. The summed E-state index contributed by atoms with van der Waals surface area (Å²) in [5.41, 5.74) is 0. The predicted molar refractivity (Wildman–Crippen MR) is 93.9 cm³/mol. The number of furan rings is 1. The van der Waals surface area contributed by atoms with Crippen LogP contribution in [0.2, 0.25) is 0 Å². The fourth-order valence-electron chi connectivity index (χ4n) is 3.28. The van der Waals surface area contributed by atoms with Gasteiger partial charge in [0.1, 0.15) is 11.5 Å². The van der Waals surface area contributed by atoms with Crippen molar-refractivity contribution in [3.05, 3.63) is 23.7 Å². The van der Waals surface area contributed by atoms with Gasteiger partial charge in [-0.25, -0.2) is 4.79 Å². The van der Waals surface area contributed by atoms with Crippen LogP contribution >= 0.6 is 0 Å². The molecule has 1 aromatic rings. The van der Waals surface area contributed by atoms with E-state index < -0.39 is 0 Å². The average molecular weight is 337 g/mol. The number of likely N-dealkylation sites (tertiary alicyclic amines) is 1. The maximum Gasteiger partial charge on any atom is 0.314 e. The second-order valence-corrected chi connectivity index (χ2v) is 6.99. The summed E-state index contributed by atoms with van der Waals surface area (Å²) in [5, 5.41) is 15.2. The van der Waals surface area contributed by atoms with Crippen molar-refractivity contribution in [3.8, 4) is 0 Å². The molecule has 1 aliphatic heterocycles. The summed E-state index contributed by atoms with van der Waals surface area (Å²) in [7, 11) is 0. The van der Waals surface area contributed by atoms with Crippen LogP contribution in [0, 0.1) is 12.8 Å². The molecule has 3 N–H and O–H groups in total. The first-order valence-electron chi connectivity index (χ1n) is 8.96. The van der Waals surface area contributed by atoms with Crippen molar-refractivity contribution < 1.29 is 14.3 Å². The van der Waals surface area contributed by atoms with E-state index in [2.05, 4.69) is 15.5 Å². The van der Waals surface area contributed by atoms with Crippen LogP contribution < -0.4 is 10.6 Å². The molecule has 2 rings (SSSR count). The third kappa shape index (κ3) is 5.83. The van der Waals surface area contributed by atoms with E-state index in [0.29, 0.717) is 19.5 Å². The van der Waals surface area contributed by atoms with Gasteiger partial charge < -0.3 is 20.2 Å². The highest BCUT2D eigenvalue weighted by atomic mass is 16.3. The Morgan fingerprint density at radius 2 is 1.92 bits per heavy atom. The van der Waals surface area contributed by atoms with E-state index in [9.17, 15) is 9.90 Å². The second kappa shape index (κ2) is 9.08. The zero-order valence-electron chi connectivity index (χ0n) is 15.0. The lowest BCUT2D eigenvalue weighted by Crippen LogP contribution is -2.42. The summed E-state index contributed by atoms with van der Waals surface area (Å²) in [4.78, 5) is 14.4. The number of amides is 2. The van der Waals surface area contributed by atoms with Crippen molar-refractivity contribution in [2.45, 2.75) is 52.2 Å². The predicted octanol–water partition coefficient (Wildman–Crippen LogP) is 2.43. The molecule has 6 heteroatoms. The molecule has 1 fully saturated rings. The quantitative estimate of drug-likeness (QED) is 0.681. The highest BCUT2D eigenvalue weighted by Crippen LogP contribution is 2.26. The molecule has 136 valence electrons. The van der Waals surface area contributed by atoms with Crippen LogP contribution in [0.25, 0.3) is 0 Å². The Bertz CT molecular complexity index is 509. The first-order chi connectivity index (χ1) is 11.5. The van der Waals surface area contributed by atoms with Gasteiger partial charge >= 0.3 is 6.03 Å². The monoisotopic (exact) mass is 337 g/mol. The molecule has 2 amide bonds. The Balaban J connectivity index is 1.82. The van der Waals surface area contributed by atoms with E-state index in [-0.39, 0.29) is 24.1 Å². The largest absolute Gasteiger partial charge is 0.465 e. The Hall–Kier alpha value is -1.53. The Morgan fingerprint density at radius 3 is 2.50 bits per heavy atom. The minimum atomic E-state index is -0.341. The highest BCUT2D eigenvalue weighted by Gasteiger charge is 2.26.